The second kappa shape index (κ2) is 8.94. The Bertz CT molecular complexity index is 687. The quantitative estimate of drug-likeness (QED) is 0.274. The number of rotatable bonds is 8. The zero-order valence-electron chi connectivity index (χ0n) is 17.1. The van der Waals surface area contributed by atoms with Crippen LogP contribution < -0.4 is 0 Å². The summed E-state index contributed by atoms with van der Waals surface area (Å²) >= 11 is 10.0. The molecule has 0 bridgehead atoms. The summed E-state index contributed by atoms with van der Waals surface area (Å²) in [7, 11) is -2.45. The monoisotopic (exact) mass is 495 g/mol. The summed E-state index contributed by atoms with van der Waals surface area (Å²) in [4.78, 5) is 0. The van der Waals surface area contributed by atoms with Crippen LogP contribution in [-0.4, -0.2) is 47.9 Å². The van der Waals surface area contributed by atoms with Gasteiger partial charge in [0.05, 0.1) is 18.0 Å². The van der Waals surface area contributed by atoms with Crippen molar-refractivity contribution < 1.29 is 13.7 Å². The molecule has 2 rings (SSSR count). The molecule has 0 radical (unpaired) electrons. The highest BCUT2D eigenvalue weighted by atomic mass is 79.9. The van der Waals surface area contributed by atoms with Gasteiger partial charge in [0, 0.05) is 24.2 Å². The number of nitrogens with zero attached hydrogens (tertiary/aromatic N) is 1. The van der Waals surface area contributed by atoms with Crippen LogP contribution in [0, 0.1) is 0 Å². The second-order valence-electron chi connectivity index (χ2n) is 9.24. The van der Waals surface area contributed by atoms with Gasteiger partial charge in [0.15, 0.2) is 0 Å². The molecule has 1 heterocycles. The van der Waals surface area contributed by atoms with Crippen molar-refractivity contribution in [3.05, 3.63) is 33.3 Å². The summed E-state index contributed by atoms with van der Waals surface area (Å²) in [6.45, 7) is 14.8. The molecule has 1 aliphatic heterocycles. The molecular weight excluding hydrogens is 466 g/mol. The molecule has 0 saturated carbocycles. The molecule has 0 spiro atoms. The lowest BCUT2D eigenvalue weighted by molar-refractivity contribution is -0.138. The molecule has 154 valence electrons. The third kappa shape index (κ3) is 5.87. The van der Waals surface area contributed by atoms with Gasteiger partial charge >= 0.3 is 0 Å². The van der Waals surface area contributed by atoms with Crippen LogP contribution in [0.1, 0.15) is 26.3 Å². The largest absolute Gasteiger partial charge is 0.377 e. The third-order valence-electron chi connectivity index (χ3n) is 4.52. The van der Waals surface area contributed by atoms with E-state index in [9.17, 15) is 4.21 Å². The van der Waals surface area contributed by atoms with E-state index in [4.69, 9.17) is 21.1 Å². The Morgan fingerprint density at radius 3 is 2.41 bits per heavy atom. The smallest absolute Gasteiger partial charge is 0.112 e. The average Bonchev–Trinajstić information content (AvgIpc) is 2.47. The highest BCUT2D eigenvalue weighted by molar-refractivity contribution is 9.10. The molecule has 0 N–H and O–H groups in total. The molecule has 0 aliphatic carbocycles. The van der Waals surface area contributed by atoms with Gasteiger partial charge in [0.1, 0.15) is 23.3 Å². The van der Waals surface area contributed by atoms with E-state index in [1.54, 1.807) is 0 Å². The van der Waals surface area contributed by atoms with E-state index in [0.717, 1.165) is 16.1 Å². The van der Waals surface area contributed by atoms with Gasteiger partial charge in [-0.1, -0.05) is 53.2 Å². The lowest BCUT2D eigenvalue weighted by Crippen LogP contribution is -2.62. The zero-order valence-corrected chi connectivity index (χ0v) is 21.3. The fourth-order valence-electron chi connectivity index (χ4n) is 2.78. The first-order valence-corrected chi connectivity index (χ1v) is 15.2. The summed E-state index contributed by atoms with van der Waals surface area (Å²) < 4.78 is 27.5. The molecule has 1 aromatic rings. The number of benzene rings is 1. The van der Waals surface area contributed by atoms with Crippen LogP contribution in [0.15, 0.2) is 22.7 Å². The molecule has 1 atom stereocenters. The molecular formula is C19H31BrClNO3SSi. The average molecular weight is 497 g/mol. The van der Waals surface area contributed by atoms with Crippen LogP contribution in [-0.2, 0) is 26.0 Å². The van der Waals surface area contributed by atoms with Crippen LogP contribution in [0.3, 0.4) is 0 Å². The maximum Gasteiger partial charge on any atom is 0.112 e. The molecule has 1 unspecified atom stereocenters. The highest BCUT2D eigenvalue weighted by Gasteiger charge is 2.51. The molecule has 1 fully saturated rings. The lowest BCUT2D eigenvalue weighted by Gasteiger charge is -2.50. The SMILES string of the molecule is CC(C)(C)S(=O)N(COCC[Si](C)(C)C)C1(c2ccc(Br)cc2Cl)COC1. The Morgan fingerprint density at radius 1 is 1.33 bits per heavy atom. The van der Waals surface area contributed by atoms with Gasteiger partial charge < -0.3 is 9.47 Å². The van der Waals surface area contributed by atoms with E-state index < -0.39 is 29.3 Å². The number of halogens is 2. The maximum atomic E-state index is 13.4. The van der Waals surface area contributed by atoms with Crippen molar-refractivity contribution in [2.45, 2.75) is 56.7 Å². The number of hydrogen-bond acceptors (Lipinski definition) is 3. The zero-order chi connectivity index (χ0) is 20.5. The second-order valence-corrected chi connectivity index (χ2v) is 18.3. The van der Waals surface area contributed by atoms with Gasteiger partial charge in [-0.05, 0) is 44.5 Å². The van der Waals surface area contributed by atoms with E-state index in [1.807, 2.05) is 43.3 Å². The molecule has 27 heavy (non-hydrogen) atoms. The first kappa shape index (κ1) is 23.5. The van der Waals surface area contributed by atoms with E-state index in [-0.39, 0.29) is 0 Å². The van der Waals surface area contributed by atoms with Crippen molar-refractivity contribution in [2.24, 2.45) is 0 Å². The van der Waals surface area contributed by atoms with Crippen LogP contribution in [0.5, 0.6) is 0 Å². The van der Waals surface area contributed by atoms with Gasteiger partial charge in [-0.3, -0.25) is 0 Å². The molecule has 8 heteroatoms. The van der Waals surface area contributed by atoms with E-state index in [0.29, 0.717) is 31.6 Å². The minimum atomic E-state index is -1.26. The van der Waals surface area contributed by atoms with Gasteiger partial charge in [-0.25, -0.2) is 4.21 Å². The number of hydrogen-bond donors (Lipinski definition) is 0. The third-order valence-corrected chi connectivity index (χ3v) is 8.93. The van der Waals surface area contributed by atoms with Crippen LogP contribution in [0.25, 0.3) is 0 Å². The Labute approximate surface area is 180 Å². The van der Waals surface area contributed by atoms with E-state index in [2.05, 4.69) is 35.6 Å². The fourth-order valence-corrected chi connectivity index (χ4v) is 5.74. The molecule has 0 amide bonds. The van der Waals surface area contributed by atoms with E-state index >= 15 is 0 Å². The molecule has 1 aromatic carbocycles. The molecule has 0 aromatic heterocycles. The Balaban J connectivity index is 2.31. The van der Waals surface area contributed by atoms with Crippen LogP contribution >= 0.6 is 27.5 Å². The number of ether oxygens (including phenoxy) is 2. The highest BCUT2D eigenvalue weighted by Crippen LogP contribution is 2.42. The first-order chi connectivity index (χ1) is 12.4. The predicted molar refractivity (Wildman–Crippen MR) is 120 cm³/mol. The van der Waals surface area contributed by atoms with Crippen molar-refractivity contribution in [1.82, 2.24) is 4.31 Å². The van der Waals surface area contributed by atoms with Gasteiger partial charge in [0.2, 0.25) is 0 Å². The standard InChI is InChI=1S/C19H31BrClNO3SSi/c1-18(2,3)26(23)22(14-24-9-10-27(4,5)6)19(12-25-13-19)16-8-7-15(20)11-17(16)21/h7-8,11H,9-10,12-14H2,1-6H3. The van der Waals surface area contributed by atoms with Gasteiger partial charge in [0.25, 0.3) is 0 Å². The summed E-state index contributed by atoms with van der Waals surface area (Å²) in [5, 5.41) is 0.644. The van der Waals surface area contributed by atoms with Crippen molar-refractivity contribution >= 4 is 46.6 Å². The molecule has 4 nitrogen and oxygen atoms in total. The topological polar surface area (TPSA) is 38.8 Å². The molecule has 1 aliphatic rings. The normalized spacial score (nSPS) is 18.4. The summed E-state index contributed by atoms with van der Waals surface area (Å²) in [5.74, 6) is 0. The Hall–Kier alpha value is 0.237. The minimum Gasteiger partial charge on any atom is -0.377 e. The Morgan fingerprint density at radius 2 is 1.96 bits per heavy atom. The summed E-state index contributed by atoms with van der Waals surface area (Å²) in [6.07, 6.45) is 0. The van der Waals surface area contributed by atoms with E-state index in [1.165, 1.54) is 0 Å². The van der Waals surface area contributed by atoms with Crippen LogP contribution in [0.2, 0.25) is 30.7 Å². The lowest BCUT2D eigenvalue weighted by atomic mass is 9.88. The van der Waals surface area contributed by atoms with Crippen molar-refractivity contribution in [2.75, 3.05) is 26.6 Å². The summed E-state index contributed by atoms with van der Waals surface area (Å²) in [5.41, 5.74) is 0.403. The fraction of sp³-hybridized carbons (Fsp3) is 0.684. The first-order valence-electron chi connectivity index (χ1n) is 9.17. The van der Waals surface area contributed by atoms with Gasteiger partial charge in [-0.15, -0.1) is 0 Å². The Kier molecular flexibility index (Phi) is 7.79. The summed E-state index contributed by atoms with van der Waals surface area (Å²) in [6, 6.07) is 6.90. The van der Waals surface area contributed by atoms with Crippen LogP contribution in [0.4, 0.5) is 0 Å². The van der Waals surface area contributed by atoms with Crippen molar-refractivity contribution in [1.29, 1.82) is 0 Å². The maximum absolute atomic E-state index is 13.4. The molecule has 1 saturated heterocycles. The van der Waals surface area contributed by atoms with Crippen molar-refractivity contribution in [3.8, 4) is 0 Å². The predicted octanol–water partition coefficient (Wildman–Crippen LogP) is 5.40. The van der Waals surface area contributed by atoms with Crippen molar-refractivity contribution in [3.63, 3.8) is 0 Å². The minimum absolute atomic E-state index is 0.296. The van der Waals surface area contributed by atoms with Gasteiger partial charge in [-0.2, -0.15) is 4.31 Å².